The lowest BCUT2D eigenvalue weighted by molar-refractivity contribution is 0.0732. The van der Waals surface area contributed by atoms with E-state index in [1.165, 1.54) is 29.2 Å². The summed E-state index contributed by atoms with van der Waals surface area (Å²) < 4.78 is 27.8. The Hall–Kier alpha value is -1.80. The zero-order valence-corrected chi connectivity index (χ0v) is 17.2. The summed E-state index contributed by atoms with van der Waals surface area (Å²) in [5, 5.41) is 9.65. The molecule has 0 aliphatic rings. The molecule has 0 heterocycles. The lowest BCUT2D eigenvalue weighted by atomic mass is 10.2. The molecule has 2 aromatic carbocycles. The van der Waals surface area contributed by atoms with Crippen molar-refractivity contribution in [3.8, 4) is 0 Å². The highest BCUT2D eigenvalue weighted by Crippen LogP contribution is 2.25. The molecular formula is C18H20Cl2N2O4S. The predicted molar refractivity (Wildman–Crippen MR) is 107 cm³/mol. The first-order valence-corrected chi connectivity index (χ1v) is 10.4. The standard InChI is InChI=1S/C18H20Cl2N2O4S/c1-3-22(8-9-23)18(24)15-11-14(6-7-16(15)19)27(25,26)21-13-5-4-12(2)17(20)10-13/h4-7,10-11,21,23H,3,8-9H2,1-2H3. The van der Waals surface area contributed by atoms with Crippen LogP contribution >= 0.6 is 23.2 Å². The van der Waals surface area contributed by atoms with Gasteiger partial charge in [0.25, 0.3) is 15.9 Å². The van der Waals surface area contributed by atoms with E-state index in [4.69, 9.17) is 28.3 Å². The molecule has 0 aliphatic heterocycles. The van der Waals surface area contributed by atoms with Gasteiger partial charge in [0.1, 0.15) is 0 Å². The normalized spacial score (nSPS) is 11.3. The number of halogens is 2. The van der Waals surface area contributed by atoms with Crippen LogP contribution in [0.25, 0.3) is 0 Å². The molecule has 0 aromatic heterocycles. The Morgan fingerprint density at radius 3 is 2.44 bits per heavy atom. The number of nitrogens with one attached hydrogen (secondary N) is 1. The molecule has 0 fully saturated rings. The third kappa shape index (κ3) is 5.13. The van der Waals surface area contributed by atoms with Crippen molar-refractivity contribution in [3.05, 3.63) is 57.6 Å². The summed E-state index contributed by atoms with van der Waals surface area (Å²) in [4.78, 5) is 13.9. The molecule has 9 heteroatoms. The van der Waals surface area contributed by atoms with Gasteiger partial charge in [0.05, 0.1) is 27.8 Å². The molecular weight excluding hydrogens is 411 g/mol. The summed E-state index contributed by atoms with van der Waals surface area (Å²) in [5.41, 5.74) is 1.18. The van der Waals surface area contributed by atoms with Gasteiger partial charge in [-0.25, -0.2) is 8.42 Å². The van der Waals surface area contributed by atoms with Crippen LogP contribution in [0.5, 0.6) is 0 Å². The fraction of sp³-hybridized carbons (Fsp3) is 0.278. The number of likely N-dealkylation sites (N-methyl/N-ethyl adjacent to an activating group) is 1. The van der Waals surface area contributed by atoms with E-state index in [0.717, 1.165) is 5.56 Å². The second-order valence-corrected chi connectivity index (χ2v) is 8.32. The highest BCUT2D eigenvalue weighted by atomic mass is 35.5. The van der Waals surface area contributed by atoms with Gasteiger partial charge in [0, 0.05) is 18.1 Å². The quantitative estimate of drug-likeness (QED) is 0.702. The number of carbonyl (C=O) groups is 1. The van der Waals surface area contributed by atoms with Crippen LogP contribution in [0.1, 0.15) is 22.8 Å². The fourth-order valence-corrected chi connectivity index (χ4v) is 3.85. The maximum atomic E-state index is 12.7. The minimum Gasteiger partial charge on any atom is -0.395 e. The molecule has 2 aromatic rings. The molecule has 0 saturated carbocycles. The second-order valence-electron chi connectivity index (χ2n) is 5.82. The van der Waals surface area contributed by atoms with Gasteiger partial charge in [-0.05, 0) is 49.7 Å². The average Bonchev–Trinajstić information content (AvgIpc) is 2.62. The van der Waals surface area contributed by atoms with Gasteiger partial charge < -0.3 is 10.0 Å². The summed E-state index contributed by atoms with van der Waals surface area (Å²) >= 11 is 12.1. The van der Waals surface area contributed by atoms with Crippen LogP contribution in [0.2, 0.25) is 10.0 Å². The number of sulfonamides is 1. The maximum Gasteiger partial charge on any atom is 0.261 e. The molecule has 146 valence electrons. The van der Waals surface area contributed by atoms with Gasteiger partial charge in [-0.1, -0.05) is 29.3 Å². The first-order chi connectivity index (χ1) is 12.7. The SMILES string of the molecule is CCN(CCO)C(=O)c1cc(S(=O)(=O)Nc2ccc(C)c(Cl)c2)ccc1Cl. The number of nitrogens with zero attached hydrogens (tertiary/aromatic N) is 1. The number of amides is 1. The summed E-state index contributed by atoms with van der Waals surface area (Å²) in [6.07, 6.45) is 0. The molecule has 1 amide bonds. The smallest absolute Gasteiger partial charge is 0.261 e. The number of rotatable bonds is 7. The Morgan fingerprint density at radius 1 is 1.15 bits per heavy atom. The number of hydrogen-bond acceptors (Lipinski definition) is 4. The van der Waals surface area contributed by atoms with Crippen molar-refractivity contribution < 1.29 is 18.3 Å². The van der Waals surface area contributed by atoms with Gasteiger partial charge in [-0.3, -0.25) is 9.52 Å². The number of benzene rings is 2. The van der Waals surface area contributed by atoms with E-state index < -0.39 is 15.9 Å². The Labute approximate surface area is 168 Å². The van der Waals surface area contributed by atoms with E-state index in [0.29, 0.717) is 17.3 Å². The first kappa shape index (κ1) is 21.5. The molecule has 2 rings (SSSR count). The van der Waals surface area contributed by atoms with Crippen LogP contribution in [-0.4, -0.2) is 44.0 Å². The Morgan fingerprint density at radius 2 is 1.85 bits per heavy atom. The number of aryl methyl sites for hydroxylation is 1. The largest absolute Gasteiger partial charge is 0.395 e. The molecule has 0 aliphatic carbocycles. The third-order valence-corrected chi connectivity index (χ3v) is 6.06. The highest BCUT2D eigenvalue weighted by molar-refractivity contribution is 7.92. The zero-order valence-electron chi connectivity index (χ0n) is 14.9. The molecule has 6 nitrogen and oxygen atoms in total. The molecule has 2 N–H and O–H groups in total. The van der Waals surface area contributed by atoms with Gasteiger partial charge in [-0.2, -0.15) is 0 Å². The van der Waals surface area contributed by atoms with Crippen molar-refractivity contribution in [3.63, 3.8) is 0 Å². The topological polar surface area (TPSA) is 86.7 Å². The van der Waals surface area contributed by atoms with Crippen molar-refractivity contribution in [2.24, 2.45) is 0 Å². The summed E-state index contributed by atoms with van der Waals surface area (Å²) in [6, 6.07) is 8.71. The summed E-state index contributed by atoms with van der Waals surface area (Å²) in [7, 11) is -3.95. The average molecular weight is 431 g/mol. The number of aliphatic hydroxyl groups excluding tert-OH is 1. The molecule has 0 spiro atoms. The number of hydrogen-bond donors (Lipinski definition) is 2. The minimum atomic E-state index is -3.95. The number of anilines is 1. The van der Waals surface area contributed by atoms with Crippen LogP contribution in [0.3, 0.4) is 0 Å². The maximum absolute atomic E-state index is 12.7. The van der Waals surface area contributed by atoms with Crippen molar-refractivity contribution in [1.29, 1.82) is 0 Å². The van der Waals surface area contributed by atoms with E-state index in [-0.39, 0.29) is 28.6 Å². The Balaban J connectivity index is 2.37. The van der Waals surface area contributed by atoms with E-state index >= 15 is 0 Å². The Kier molecular flexibility index (Phi) is 7.11. The monoisotopic (exact) mass is 430 g/mol. The Bertz CT molecular complexity index is 948. The lowest BCUT2D eigenvalue weighted by Crippen LogP contribution is -2.33. The van der Waals surface area contributed by atoms with Gasteiger partial charge in [0.2, 0.25) is 0 Å². The van der Waals surface area contributed by atoms with Crippen LogP contribution in [0.4, 0.5) is 5.69 Å². The highest BCUT2D eigenvalue weighted by Gasteiger charge is 2.22. The third-order valence-electron chi connectivity index (χ3n) is 3.94. The molecule has 0 bridgehead atoms. The van der Waals surface area contributed by atoms with E-state index in [1.54, 1.807) is 19.1 Å². The first-order valence-electron chi connectivity index (χ1n) is 8.18. The van der Waals surface area contributed by atoms with Crippen LogP contribution in [-0.2, 0) is 10.0 Å². The molecule has 27 heavy (non-hydrogen) atoms. The summed E-state index contributed by atoms with van der Waals surface area (Å²) in [5.74, 6) is -0.452. The van der Waals surface area contributed by atoms with Crippen molar-refractivity contribution in [2.75, 3.05) is 24.4 Å². The van der Waals surface area contributed by atoms with Crippen molar-refractivity contribution in [2.45, 2.75) is 18.7 Å². The van der Waals surface area contributed by atoms with Gasteiger partial charge >= 0.3 is 0 Å². The summed E-state index contributed by atoms with van der Waals surface area (Å²) in [6.45, 7) is 3.84. The van der Waals surface area contributed by atoms with E-state index in [9.17, 15) is 13.2 Å². The van der Waals surface area contributed by atoms with Crippen LogP contribution in [0.15, 0.2) is 41.3 Å². The molecule has 0 saturated heterocycles. The fourth-order valence-electron chi connectivity index (χ4n) is 2.40. The van der Waals surface area contributed by atoms with E-state index in [2.05, 4.69) is 4.72 Å². The minimum absolute atomic E-state index is 0.0526. The van der Waals surface area contributed by atoms with Crippen LogP contribution in [0, 0.1) is 6.92 Å². The van der Waals surface area contributed by atoms with Crippen molar-refractivity contribution >= 4 is 44.8 Å². The molecule has 0 radical (unpaired) electrons. The molecule has 0 atom stereocenters. The van der Waals surface area contributed by atoms with Gasteiger partial charge in [-0.15, -0.1) is 0 Å². The lowest BCUT2D eigenvalue weighted by Gasteiger charge is -2.20. The molecule has 0 unspecified atom stereocenters. The van der Waals surface area contributed by atoms with E-state index in [1.807, 2.05) is 6.92 Å². The number of carbonyl (C=O) groups excluding carboxylic acids is 1. The predicted octanol–water partition coefficient (Wildman–Crippen LogP) is 3.56. The second kappa shape index (κ2) is 8.93. The zero-order chi connectivity index (χ0) is 20.2. The van der Waals surface area contributed by atoms with Crippen molar-refractivity contribution in [1.82, 2.24) is 4.90 Å². The van der Waals surface area contributed by atoms with Crippen LogP contribution < -0.4 is 4.72 Å². The van der Waals surface area contributed by atoms with Gasteiger partial charge in [0.15, 0.2) is 0 Å². The number of aliphatic hydroxyl groups is 1.